The molecule has 1 aliphatic heterocycles. The predicted octanol–water partition coefficient (Wildman–Crippen LogP) is 2.72. The number of rotatable bonds is 3. The van der Waals surface area contributed by atoms with Crippen LogP contribution in [0.2, 0.25) is 0 Å². The van der Waals surface area contributed by atoms with Crippen molar-refractivity contribution in [1.29, 1.82) is 0 Å². The summed E-state index contributed by atoms with van der Waals surface area (Å²) in [5.41, 5.74) is -1.50. The van der Waals surface area contributed by atoms with Gasteiger partial charge in [-0.25, -0.2) is 18.4 Å². The molecule has 2 fully saturated rings. The highest BCUT2D eigenvalue weighted by atomic mass is 19.3. The van der Waals surface area contributed by atoms with Crippen molar-refractivity contribution in [2.75, 3.05) is 7.11 Å². The van der Waals surface area contributed by atoms with E-state index in [0.717, 1.165) is 7.11 Å². The van der Waals surface area contributed by atoms with E-state index in [1.54, 1.807) is 41.5 Å². The van der Waals surface area contributed by atoms with Crippen LogP contribution in [0.25, 0.3) is 0 Å². The van der Waals surface area contributed by atoms with Gasteiger partial charge in [-0.3, -0.25) is 4.79 Å². The number of methoxy groups -OCH3 is 1. The molecule has 0 aromatic heterocycles. The number of amides is 2. The number of halogens is 2. The third-order valence-electron chi connectivity index (χ3n) is 5.12. The van der Waals surface area contributed by atoms with Crippen LogP contribution in [0.5, 0.6) is 0 Å². The molecule has 2 aliphatic rings. The van der Waals surface area contributed by atoms with Crippen LogP contribution in [0.4, 0.5) is 13.6 Å². The van der Waals surface area contributed by atoms with Crippen LogP contribution in [0, 0.1) is 11.3 Å². The highest BCUT2D eigenvalue weighted by Crippen LogP contribution is 2.52. The van der Waals surface area contributed by atoms with Gasteiger partial charge >= 0.3 is 12.1 Å². The third kappa shape index (κ3) is 4.38. The van der Waals surface area contributed by atoms with Crippen molar-refractivity contribution in [2.45, 2.75) is 84.0 Å². The van der Waals surface area contributed by atoms with E-state index >= 15 is 0 Å². The Morgan fingerprint density at radius 2 is 1.71 bits per heavy atom. The molecule has 9 heteroatoms. The minimum Gasteiger partial charge on any atom is -0.467 e. The highest BCUT2D eigenvalue weighted by molar-refractivity contribution is 5.91. The molecule has 160 valence electrons. The summed E-state index contributed by atoms with van der Waals surface area (Å²) in [6.45, 7) is 10.3. The first-order valence-electron chi connectivity index (χ1n) is 9.36. The smallest absolute Gasteiger partial charge is 0.408 e. The lowest BCUT2D eigenvalue weighted by Gasteiger charge is -2.41. The fraction of sp³-hybridized carbons (Fsp3) is 0.842. The average molecular weight is 404 g/mol. The zero-order chi connectivity index (χ0) is 21.7. The summed E-state index contributed by atoms with van der Waals surface area (Å²) < 4.78 is 38.4. The standard InChI is InChI=1S/C19H30F2N2O5/c1-17(2,3)13(22-16(26)28-18(4,5)6)14(24)23-10-8-11(19(20,21)9-10)12(23)15(25)27-7/h10-13H,8-9H2,1-7H3,(H,22,26)/t10-,11-,12-,13+/m0/s1. The monoisotopic (exact) mass is 404 g/mol. The first kappa shape index (κ1) is 22.4. The SMILES string of the molecule is COC(=O)[C@@H]1[C@@H]2C[C@@H](CC2(F)F)N1C(=O)[C@@H](NC(=O)OC(C)(C)C)C(C)(C)C. The average Bonchev–Trinajstić information content (AvgIpc) is 3.01. The molecule has 1 heterocycles. The minimum atomic E-state index is -3.03. The molecule has 0 unspecified atom stereocenters. The third-order valence-corrected chi connectivity index (χ3v) is 5.12. The summed E-state index contributed by atoms with van der Waals surface area (Å²) in [7, 11) is 1.11. The van der Waals surface area contributed by atoms with Gasteiger partial charge < -0.3 is 19.7 Å². The van der Waals surface area contributed by atoms with E-state index in [0.29, 0.717) is 0 Å². The van der Waals surface area contributed by atoms with E-state index in [9.17, 15) is 23.2 Å². The van der Waals surface area contributed by atoms with E-state index in [2.05, 4.69) is 5.32 Å². The van der Waals surface area contributed by atoms with Crippen molar-refractivity contribution in [1.82, 2.24) is 10.2 Å². The Bertz CT molecular complexity index is 654. The molecule has 1 aliphatic carbocycles. The minimum absolute atomic E-state index is 0.0296. The van der Waals surface area contributed by atoms with Crippen LogP contribution in [0.3, 0.4) is 0 Å². The zero-order valence-corrected chi connectivity index (χ0v) is 17.5. The topological polar surface area (TPSA) is 84.9 Å². The normalized spacial score (nSPS) is 27.3. The second-order valence-corrected chi connectivity index (χ2v) is 9.62. The molecular weight excluding hydrogens is 374 g/mol. The van der Waals surface area contributed by atoms with Gasteiger partial charge in [-0.1, -0.05) is 20.8 Å². The zero-order valence-electron chi connectivity index (χ0n) is 17.5. The summed E-state index contributed by atoms with van der Waals surface area (Å²) >= 11 is 0. The molecule has 7 nitrogen and oxygen atoms in total. The number of hydrogen-bond acceptors (Lipinski definition) is 5. The quantitative estimate of drug-likeness (QED) is 0.731. The van der Waals surface area contributed by atoms with Crippen LogP contribution >= 0.6 is 0 Å². The molecule has 1 saturated heterocycles. The number of likely N-dealkylation sites (tertiary alicyclic amines) is 1. The number of nitrogens with one attached hydrogen (secondary N) is 1. The Hall–Kier alpha value is -1.93. The number of carbonyl (C=O) groups excluding carboxylic acids is 3. The number of nitrogens with zero attached hydrogens (tertiary/aromatic N) is 1. The van der Waals surface area contributed by atoms with Crippen LogP contribution in [0.15, 0.2) is 0 Å². The maximum Gasteiger partial charge on any atom is 0.408 e. The Balaban J connectivity index is 2.31. The fourth-order valence-corrected chi connectivity index (χ4v) is 3.95. The van der Waals surface area contributed by atoms with Gasteiger partial charge in [0.25, 0.3) is 5.92 Å². The van der Waals surface area contributed by atoms with Gasteiger partial charge in [0, 0.05) is 12.5 Å². The van der Waals surface area contributed by atoms with Crippen molar-refractivity contribution in [2.24, 2.45) is 11.3 Å². The largest absolute Gasteiger partial charge is 0.467 e. The second-order valence-electron chi connectivity index (χ2n) is 9.62. The van der Waals surface area contributed by atoms with Crippen LogP contribution in [0.1, 0.15) is 54.4 Å². The summed E-state index contributed by atoms with van der Waals surface area (Å²) in [5.74, 6) is -5.77. The Morgan fingerprint density at radius 1 is 1.14 bits per heavy atom. The van der Waals surface area contributed by atoms with Crippen molar-refractivity contribution in [3.63, 3.8) is 0 Å². The van der Waals surface area contributed by atoms with Gasteiger partial charge in [-0.05, 0) is 32.6 Å². The predicted molar refractivity (Wildman–Crippen MR) is 96.7 cm³/mol. The number of piperidine rings is 1. The molecule has 1 saturated carbocycles. The number of fused-ring (bicyclic) bond motifs is 2. The highest BCUT2D eigenvalue weighted by Gasteiger charge is 2.65. The van der Waals surface area contributed by atoms with Crippen LogP contribution < -0.4 is 5.32 Å². The lowest BCUT2D eigenvalue weighted by Crippen LogP contribution is -2.62. The van der Waals surface area contributed by atoms with Crippen LogP contribution in [-0.4, -0.2) is 59.6 Å². The van der Waals surface area contributed by atoms with Gasteiger partial charge in [0.2, 0.25) is 5.91 Å². The van der Waals surface area contributed by atoms with E-state index in [1.807, 2.05) is 0 Å². The summed E-state index contributed by atoms with van der Waals surface area (Å²) in [6, 6.07) is -3.19. The van der Waals surface area contributed by atoms with E-state index in [4.69, 9.17) is 9.47 Å². The Morgan fingerprint density at radius 3 is 2.18 bits per heavy atom. The molecule has 2 rings (SSSR count). The van der Waals surface area contributed by atoms with E-state index < -0.39 is 65.4 Å². The summed E-state index contributed by atoms with van der Waals surface area (Å²) in [5, 5.41) is 2.56. The fourth-order valence-electron chi connectivity index (χ4n) is 3.95. The number of alkyl halides is 2. The second kappa shape index (κ2) is 7.15. The van der Waals surface area contributed by atoms with Gasteiger partial charge in [0.05, 0.1) is 13.0 Å². The summed E-state index contributed by atoms with van der Waals surface area (Å²) in [4.78, 5) is 39.0. The molecule has 0 aromatic carbocycles. The van der Waals surface area contributed by atoms with Crippen LogP contribution in [-0.2, 0) is 19.1 Å². The number of hydrogen-bond donors (Lipinski definition) is 1. The molecule has 0 radical (unpaired) electrons. The molecular formula is C19H30F2N2O5. The number of carbonyl (C=O) groups is 3. The molecule has 2 bridgehead atoms. The number of esters is 1. The van der Waals surface area contributed by atoms with E-state index in [-0.39, 0.29) is 6.42 Å². The molecule has 4 atom stereocenters. The van der Waals surface area contributed by atoms with Gasteiger partial charge in [0.15, 0.2) is 0 Å². The Labute approximate surface area is 164 Å². The molecule has 0 spiro atoms. The van der Waals surface area contributed by atoms with Crippen molar-refractivity contribution in [3.05, 3.63) is 0 Å². The molecule has 28 heavy (non-hydrogen) atoms. The van der Waals surface area contributed by atoms with Gasteiger partial charge in [0.1, 0.15) is 17.7 Å². The van der Waals surface area contributed by atoms with Crippen molar-refractivity contribution in [3.8, 4) is 0 Å². The molecule has 1 N–H and O–H groups in total. The first-order valence-corrected chi connectivity index (χ1v) is 9.36. The molecule has 0 aromatic rings. The molecule has 2 amide bonds. The maximum atomic E-state index is 14.2. The number of alkyl carbamates (subject to hydrolysis) is 1. The van der Waals surface area contributed by atoms with Crippen molar-refractivity contribution >= 4 is 18.0 Å². The van der Waals surface area contributed by atoms with Crippen molar-refractivity contribution < 1.29 is 32.6 Å². The Kier molecular flexibility index (Phi) is 5.71. The summed E-state index contributed by atoms with van der Waals surface area (Å²) in [6.07, 6.45) is -1.26. The van der Waals surface area contributed by atoms with Gasteiger partial charge in [-0.15, -0.1) is 0 Å². The lowest BCUT2D eigenvalue weighted by atomic mass is 9.84. The number of ether oxygens (including phenoxy) is 2. The van der Waals surface area contributed by atoms with Gasteiger partial charge in [-0.2, -0.15) is 0 Å². The first-order chi connectivity index (χ1) is 12.6. The lowest BCUT2D eigenvalue weighted by molar-refractivity contribution is -0.168. The maximum absolute atomic E-state index is 14.2. The van der Waals surface area contributed by atoms with E-state index in [1.165, 1.54) is 4.90 Å².